The summed E-state index contributed by atoms with van der Waals surface area (Å²) in [5, 5.41) is 13.8. The Kier molecular flexibility index (Phi) is 7.02. The molecule has 26 heavy (non-hydrogen) atoms. The van der Waals surface area contributed by atoms with Gasteiger partial charge in [-0.3, -0.25) is 4.79 Å². The molecule has 0 heterocycles. The van der Waals surface area contributed by atoms with Crippen LogP contribution in [0.5, 0.6) is 17.2 Å². The van der Waals surface area contributed by atoms with E-state index in [0.717, 1.165) is 17.5 Å². The van der Waals surface area contributed by atoms with Crippen LogP contribution < -0.4 is 14.9 Å². The van der Waals surface area contributed by atoms with Crippen molar-refractivity contribution in [3.05, 3.63) is 53.1 Å². The maximum absolute atomic E-state index is 11.8. The van der Waals surface area contributed by atoms with Gasteiger partial charge in [0.05, 0.1) is 12.8 Å². The minimum Gasteiger partial charge on any atom is -0.507 e. The summed E-state index contributed by atoms with van der Waals surface area (Å²) in [4.78, 5) is 11.8. The highest BCUT2D eigenvalue weighted by atomic mass is 16.5. The molecule has 2 aromatic rings. The summed E-state index contributed by atoms with van der Waals surface area (Å²) >= 11 is 0. The predicted octanol–water partition coefficient (Wildman–Crippen LogP) is 3.33. The fourth-order valence-corrected chi connectivity index (χ4v) is 2.31. The van der Waals surface area contributed by atoms with Gasteiger partial charge < -0.3 is 14.6 Å². The first kappa shape index (κ1) is 19.3. The number of nitrogens with zero attached hydrogens (tertiary/aromatic N) is 1. The molecule has 2 N–H and O–H groups in total. The number of nitrogens with one attached hydrogen (secondary N) is 1. The van der Waals surface area contributed by atoms with Crippen LogP contribution >= 0.6 is 0 Å². The monoisotopic (exact) mass is 356 g/mol. The first-order valence-electron chi connectivity index (χ1n) is 8.46. The third-order valence-electron chi connectivity index (χ3n) is 3.43. The fourth-order valence-electron chi connectivity index (χ4n) is 2.31. The van der Waals surface area contributed by atoms with Crippen molar-refractivity contribution in [1.82, 2.24) is 5.43 Å². The Hall–Kier alpha value is -3.02. The molecule has 0 saturated heterocycles. The molecule has 0 bridgehead atoms. The molecule has 6 nitrogen and oxygen atoms in total. The molecule has 0 aromatic heterocycles. The van der Waals surface area contributed by atoms with E-state index in [1.165, 1.54) is 12.3 Å². The highest BCUT2D eigenvalue weighted by molar-refractivity contribution is 5.85. The van der Waals surface area contributed by atoms with Crippen LogP contribution in [0.15, 0.2) is 41.5 Å². The SMILES string of the molecule is CCCOc1ccc(C=NNC(=O)COc2cc(C)cc(C)c2)c(O)c1. The highest BCUT2D eigenvalue weighted by Crippen LogP contribution is 2.22. The van der Waals surface area contributed by atoms with Gasteiger partial charge in [0.1, 0.15) is 17.2 Å². The third-order valence-corrected chi connectivity index (χ3v) is 3.43. The second-order valence-electron chi connectivity index (χ2n) is 5.97. The van der Waals surface area contributed by atoms with Crippen LogP contribution in [0.1, 0.15) is 30.0 Å². The maximum Gasteiger partial charge on any atom is 0.277 e. The van der Waals surface area contributed by atoms with E-state index < -0.39 is 0 Å². The Labute approximate surface area is 153 Å². The van der Waals surface area contributed by atoms with Crippen LogP contribution in [0.25, 0.3) is 0 Å². The van der Waals surface area contributed by atoms with Gasteiger partial charge in [0.25, 0.3) is 5.91 Å². The lowest BCUT2D eigenvalue weighted by atomic mass is 10.1. The minimum atomic E-state index is -0.386. The molecule has 138 valence electrons. The number of hydrogen-bond donors (Lipinski definition) is 2. The molecule has 6 heteroatoms. The first-order chi connectivity index (χ1) is 12.5. The number of carbonyl (C=O) groups is 1. The summed E-state index contributed by atoms with van der Waals surface area (Å²) in [6.07, 6.45) is 2.26. The van der Waals surface area contributed by atoms with E-state index in [1.807, 2.05) is 39.0 Å². The Bertz CT molecular complexity index is 767. The zero-order valence-corrected chi connectivity index (χ0v) is 15.3. The van der Waals surface area contributed by atoms with Gasteiger partial charge in [-0.1, -0.05) is 13.0 Å². The molecule has 0 radical (unpaired) electrons. The van der Waals surface area contributed by atoms with E-state index in [-0.39, 0.29) is 18.3 Å². The summed E-state index contributed by atoms with van der Waals surface area (Å²) in [6.45, 7) is 6.39. The van der Waals surface area contributed by atoms with Crippen LogP contribution in [0.2, 0.25) is 0 Å². The average Bonchev–Trinajstić information content (AvgIpc) is 2.59. The lowest BCUT2D eigenvalue weighted by Crippen LogP contribution is -2.24. The van der Waals surface area contributed by atoms with Crippen molar-refractivity contribution in [1.29, 1.82) is 0 Å². The van der Waals surface area contributed by atoms with Crippen molar-refractivity contribution in [3.63, 3.8) is 0 Å². The highest BCUT2D eigenvalue weighted by Gasteiger charge is 2.04. The van der Waals surface area contributed by atoms with Gasteiger partial charge >= 0.3 is 0 Å². The van der Waals surface area contributed by atoms with E-state index in [0.29, 0.717) is 23.7 Å². The zero-order valence-electron chi connectivity index (χ0n) is 15.3. The molecule has 0 aliphatic carbocycles. The number of aryl methyl sites for hydroxylation is 2. The molecule has 1 amide bonds. The number of benzene rings is 2. The van der Waals surface area contributed by atoms with E-state index in [2.05, 4.69) is 10.5 Å². The van der Waals surface area contributed by atoms with Gasteiger partial charge in [0, 0.05) is 11.6 Å². The molecule has 0 unspecified atom stereocenters. The van der Waals surface area contributed by atoms with E-state index >= 15 is 0 Å². The maximum atomic E-state index is 11.8. The molecule has 0 aliphatic heterocycles. The molecule has 2 aromatic carbocycles. The van der Waals surface area contributed by atoms with Crippen LogP contribution in [0, 0.1) is 13.8 Å². The number of rotatable bonds is 8. The number of hydrogen-bond acceptors (Lipinski definition) is 5. The van der Waals surface area contributed by atoms with E-state index in [9.17, 15) is 9.90 Å². The van der Waals surface area contributed by atoms with Crippen LogP contribution in [0.4, 0.5) is 0 Å². The fraction of sp³-hybridized carbons (Fsp3) is 0.300. The minimum absolute atomic E-state index is 0.0306. The van der Waals surface area contributed by atoms with Crippen molar-refractivity contribution < 1.29 is 19.4 Å². The summed E-state index contributed by atoms with van der Waals surface area (Å²) in [5.41, 5.74) is 4.99. The number of amides is 1. The number of carbonyl (C=O) groups excluding carboxylic acids is 1. The smallest absolute Gasteiger partial charge is 0.277 e. The molecule has 0 fully saturated rings. The lowest BCUT2D eigenvalue weighted by Gasteiger charge is -2.07. The Morgan fingerprint density at radius 3 is 2.50 bits per heavy atom. The summed E-state index contributed by atoms with van der Waals surface area (Å²) in [6, 6.07) is 10.7. The number of phenols is 1. The quantitative estimate of drug-likeness (QED) is 0.562. The van der Waals surface area contributed by atoms with Crippen molar-refractivity contribution in [3.8, 4) is 17.2 Å². The molecule has 0 spiro atoms. The molecule has 2 rings (SSSR count). The van der Waals surface area contributed by atoms with E-state index in [1.54, 1.807) is 12.1 Å². The van der Waals surface area contributed by atoms with Crippen LogP contribution in [-0.4, -0.2) is 30.4 Å². The normalized spacial score (nSPS) is 10.7. The largest absolute Gasteiger partial charge is 0.507 e. The van der Waals surface area contributed by atoms with Crippen molar-refractivity contribution in [2.75, 3.05) is 13.2 Å². The second kappa shape index (κ2) is 9.46. The zero-order chi connectivity index (χ0) is 18.9. The standard InChI is InChI=1S/C20H24N2O4/c1-4-7-25-17-6-5-16(19(23)11-17)12-21-22-20(24)13-26-18-9-14(2)8-15(3)10-18/h5-6,8-12,23H,4,7,13H2,1-3H3,(H,22,24). The number of phenolic OH excluding ortho intramolecular Hbond substituents is 1. The Morgan fingerprint density at radius 2 is 1.85 bits per heavy atom. The lowest BCUT2D eigenvalue weighted by molar-refractivity contribution is -0.123. The van der Waals surface area contributed by atoms with Gasteiger partial charge in [-0.05, 0) is 55.7 Å². The van der Waals surface area contributed by atoms with Gasteiger partial charge in [-0.2, -0.15) is 5.10 Å². The van der Waals surface area contributed by atoms with E-state index in [4.69, 9.17) is 9.47 Å². The second-order valence-corrected chi connectivity index (χ2v) is 5.97. The number of aromatic hydroxyl groups is 1. The molecule has 0 saturated carbocycles. The topological polar surface area (TPSA) is 80.2 Å². The summed E-state index contributed by atoms with van der Waals surface area (Å²) < 4.78 is 10.9. The van der Waals surface area contributed by atoms with Gasteiger partial charge in [-0.15, -0.1) is 0 Å². The van der Waals surface area contributed by atoms with Gasteiger partial charge in [0.15, 0.2) is 6.61 Å². The molecule has 0 aliphatic rings. The first-order valence-corrected chi connectivity index (χ1v) is 8.46. The van der Waals surface area contributed by atoms with Crippen molar-refractivity contribution in [2.45, 2.75) is 27.2 Å². The summed E-state index contributed by atoms with van der Waals surface area (Å²) in [5.74, 6) is 0.875. The van der Waals surface area contributed by atoms with Crippen LogP contribution in [0.3, 0.4) is 0 Å². The third kappa shape index (κ3) is 6.12. The number of hydrazone groups is 1. The van der Waals surface area contributed by atoms with Gasteiger partial charge in [0.2, 0.25) is 0 Å². The Morgan fingerprint density at radius 1 is 1.12 bits per heavy atom. The van der Waals surface area contributed by atoms with Crippen LogP contribution in [-0.2, 0) is 4.79 Å². The molecule has 0 atom stereocenters. The van der Waals surface area contributed by atoms with Crippen molar-refractivity contribution in [2.24, 2.45) is 5.10 Å². The Balaban J connectivity index is 1.84. The average molecular weight is 356 g/mol. The predicted molar refractivity (Wildman–Crippen MR) is 101 cm³/mol. The van der Waals surface area contributed by atoms with Crippen molar-refractivity contribution >= 4 is 12.1 Å². The van der Waals surface area contributed by atoms with Gasteiger partial charge in [-0.25, -0.2) is 5.43 Å². The summed E-state index contributed by atoms with van der Waals surface area (Å²) in [7, 11) is 0. The molecular formula is C20H24N2O4. The molecular weight excluding hydrogens is 332 g/mol. The number of ether oxygens (including phenoxy) is 2.